The Morgan fingerprint density at radius 1 is 1.09 bits per heavy atom. The first-order valence-electron chi connectivity index (χ1n) is 8.28. The molecule has 120 valence electrons. The number of hydrogen-bond donors (Lipinski definition) is 1. The van der Waals surface area contributed by atoms with E-state index >= 15 is 0 Å². The van der Waals surface area contributed by atoms with Crippen molar-refractivity contribution in [1.29, 1.82) is 0 Å². The number of piperidine rings is 1. The van der Waals surface area contributed by atoms with Gasteiger partial charge in [-0.3, -0.25) is 9.78 Å². The monoisotopic (exact) mass is 309 g/mol. The molecular weight excluding hydrogens is 286 g/mol. The first kappa shape index (κ1) is 15.7. The van der Waals surface area contributed by atoms with Crippen LogP contribution in [0.3, 0.4) is 0 Å². The van der Waals surface area contributed by atoms with E-state index in [1.54, 1.807) is 0 Å². The molecule has 1 aliphatic rings. The molecule has 0 bridgehead atoms. The molecule has 1 saturated heterocycles. The highest BCUT2D eigenvalue weighted by Crippen LogP contribution is 2.27. The molecule has 3 rings (SSSR count). The van der Waals surface area contributed by atoms with Crippen LogP contribution in [0.2, 0.25) is 0 Å². The van der Waals surface area contributed by atoms with Crippen LogP contribution in [0.5, 0.6) is 0 Å². The highest BCUT2D eigenvalue weighted by molar-refractivity contribution is 5.90. The molecule has 0 spiro atoms. The summed E-state index contributed by atoms with van der Waals surface area (Å²) in [6, 6.07) is 13.9. The van der Waals surface area contributed by atoms with Gasteiger partial charge >= 0.3 is 0 Å². The number of aromatic nitrogens is 1. The van der Waals surface area contributed by atoms with E-state index < -0.39 is 0 Å². The van der Waals surface area contributed by atoms with Crippen LogP contribution in [0.1, 0.15) is 30.7 Å². The zero-order chi connectivity index (χ0) is 15.9. The minimum absolute atomic E-state index is 0.0902. The van der Waals surface area contributed by atoms with Gasteiger partial charge < -0.3 is 10.2 Å². The van der Waals surface area contributed by atoms with Crippen molar-refractivity contribution in [3.05, 3.63) is 60.4 Å². The Labute approximate surface area is 137 Å². The molecule has 0 atom stereocenters. The number of hydrogen-bond acceptors (Lipinski definition) is 3. The summed E-state index contributed by atoms with van der Waals surface area (Å²) >= 11 is 0. The standard InChI is InChI=1S/C19H23N3O/c23-19(21-18-4-2-1-3-5-18)10-15-22-13-8-17(9-14-22)16-6-11-20-12-7-16/h1-7,11-12,17H,8-10,13-15H2,(H,21,23). The van der Waals surface area contributed by atoms with Crippen molar-refractivity contribution in [2.75, 3.05) is 25.0 Å². The summed E-state index contributed by atoms with van der Waals surface area (Å²) in [6.45, 7) is 2.96. The number of para-hydroxylation sites is 1. The quantitative estimate of drug-likeness (QED) is 0.922. The molecule has 0 unspecified atom stereocenters. The second-order valence-electron chi connectivity index (χ2n) is 6.06. The predicted molar refractivity (Wildman–Crippen MR) is 92.3 cm³/mol. The van der Waals surface area contributed by atoms with Crippen LogP contribution >= 0.6 is 0 Å². The van der Waals surface area contributed by atoms with Gasteiger partial charge in [-0.2, -0.15) is 0 Å². The SMILES string of the molecule is O=C(CCN1CCC(c2ccncc2)CC1)Nc1ccccc1. The maximum Gasteiger partial charge on any atom is 0.225 e. The first-order chi connectivity index (χ1) is 11.3. The lowest BCUT2D eigenvalue weighted by Crippen LogP contribution is -2.35. The topological polar surface area (TPSA) is 45.2 Å². The molecule has 0 radical (unpaired) electrons. The number of carbonyl (C=O) groups is 1. The van der Waals surface area contributed by atoms with Crippen LogP contribution < -0.4 is 5.32 Å². The molecular formula is C19H23N3O. The lowest BCUT2D eigenvalue weighted by molar-refractivity contribution is -0.116. The summed E-state index contributed by atoms with van der Waals surface area (Å²) in [5, 5.41) is 2.94. The Morgan fingerprint density at radius 3 is 2.48 bits per heavy atom. The normalized spacial score (nSPS) is 16.2. The van der Waals surface area contributed by atoms with Gasteiger partial charge in [-0.1, -0.05) is 18.2 Å². The summed E-state index contributed by atoms with van der Waals surface area (Å²) in [4.78, 5) is 18.5. The molecule has 2 aromatic rings. The van der Waals surface area contributed by atoms with Crippen LogP contribution in [-0.4, -0.2) is 35.4 Å². The molecule has 0 saturated carbocycles. The van der Waals surface area contributed by atoms with Gasteiger partial charge in [0.2, 0.25) is 5.91 Å². The Bertz CT molecular complexity index is 607. The van der Waals surface area contributed by atoms with E-state index in [1.807, 2.05) is 42.7 Å². The largest absolute Gasteiger partial charge is 0.326 e. The summed E-state index contributed by atoms with van der Waals surface area (Å²) in [5.41, 5.74) is 2.26. The lowest BCUT2D eigenvalue weighted by Gasteiger charge is -2.31. The number of carbonyl (C=O) groups excluding carboxylic acids is 1. The molecule has 1 amide bonds. The highest BCUT2D eigenvalue weighted by Gasteiger charge is 2.20. The van der Waals surface area contributed by atoms with Crippen molar-refractivity contribution in [2.45, 2.75) is 25.2 Å². The Hall–Kier alpha value is -2.20. The fourth-order valence-corrected chi connectivity index (χ4v) is 3.13. The van der Waals surface area contributed by atoms with Crippen molar-refractivity contribution in [1.82, 2.24) is 9.88 Å². The summed E-state index contributed by atoms with van der Waals surface area (Å²) in [5.74, 6) is 0.722. The number of rotatable bonds is 5. The molecule has 4 heteroatoms. The summed E-state index contributed by atoms with van der Waals surface area (Å²) in [6.07, 6.45) is 6.61. The Balaban J connectivity index is 1.40. The third kappa shape index (κ3) is 4.63. The number of amides is 1. The molecule has 1 N–H and O–H groups in total. The van der Waals surface area contributed by atoms with Crippen LogP contribution in [0.15, 0.2) is 54.9 Å². The second-order valence-corrected chi connectivity index (χ2v) is 6.06. The van der Waals surface area contributed by atoms with E-state index in [-0.39, 0.29) is 5.91 Å². The van der Waals surface area contributed by atoms with Crippen LogP contribution in [-0.2, 0) is 4.79 Å². The third-order valence-corrected chi connectivity index (χ3v) is 4.48. The van der Waals surface area contributed by atoms with Crippen molar-refractivity contribution in [3.8, 4) is 0 Å². The molecule has 1 aromatic carbocycles. The molecule has 1 fully saturated rings. The van der Waals surface area contributed by atoms with Gasteiger partial charge in [0, 0.05) is 31.0 Å². The predicted octanol–water partition coefficient (Wildman–Crippen LogP) is 3.29. The van der Waals surface area contributed by atoms with E-state index in [1.165, 1.54) is 5.56 Å². The third-order valence-electron chi connectivity index (χ3n) is 4.48. The van der Waals surface area contributed by atoms with Gasteiger partial charge in [-0.25, -0.2) is 0 Å². The maximum absolute atomic E-state index is 12.0. The fourth-order valence-electron chi connectivity index (χ4n) is 3.13. The smallest absolute Gasteiger partial charge is 0.225 e. The highest BCUT2D eigenvalue weighted by atomic mass is 16.1. The fraction of sp³-hybridized carbons (Fsp3) is 0.368. The van der Waals surface area contributed by atoms with Crippen LogP contribution in [0.25, 0.3) is 0 Å². The minimum Gasteiger partial charge on any atom is -0.326 e. The van der Waals surface area contributed by atoms with Gasteiger partial charge in [-0.15, -0.1) is 0 Å². The van der Waals surface area contributed by atoms with Crippen molar-refractivity contribution < 1.29 is 4.79 Å². The number of nitrogens with one attached hydrogen (secondary N) is 1. The Kier molecular flexibility index (Phi) is 5.37. The zero-order valence-corrected chi connectivity index (χ0v) is 13.3. The number of likely N-dealkylation sites (tertiary alicyclic amines) is 1. The van der Waals surface area contributed by atoms with Crippen molar-refractivity contribution in [2.24, 2.45) is 0 Å². The van der Waals surface area contributed by atoms with Crippen molar-refractivity contribution in [3.63, 3.8) is 0 Å². The molecule has 23 heavy (non-hydrogen) atoms. The van der Waals surface area contributed by atoms with Crippen LogP contribution in [0.4, 0.5) is 5.69 Å². The lowest BCUT2D eigenvalue weighted by atomic mass is 9.90. The van der Waals surface area contributed by atoms with Gasteiger partial charge in [0.25, 0.3) is 0 Å². The van der Waals surface area contributed by atoms with E-state index in [2.05, 4.69) is 27.3 Å². The second kappa shape index (κ2) is 7.88. The van der Waals surface area contributed by atoms with E-state index in [0.717, 1.165) is 38.2 Å². The van der Waals surface area contributed by atoms with E-state index in [0.29, 0.717) is 12.3 Å². The number of anilines is 1. The summed E-state index contributed by atoms with van der Waals surface area (Å²) < 4.78 is 0. The maximum atomic E-state index is 12.0. The van der Waals surface area contributed by atoms with E-state index in [9.17, 15) is 4.79 Å². The molecule has 0 aliphatic carbocycles. The molecule has 4 nitrogen and oxygen atoms in total. The first-order valence-corrected chi connectivity index (χ1v) is 8.28. The van der Waals surface area contributed by atoms with Gasteiger partial charge in [0.1, 0.15) is 0 Å². The zero-order valence-electron chi connectivity index (χ0n) is 13.3. The van der Waals surface area contributed by atoms with Gasteiger partial charge in [-0.05, 0) is 61.7 Å². The average molecular weight is 309 g/mol. The average Bonchev–Trinajstić information content (AvgIpc) is 2.62. The number of benzene rings is 1. The Morgan fingerprint density at radius 2 is 1.78 bits per heavy atom. The summed E-state index contributed by atoms with van der Waals surface area (Å²) in [7, 11) is 0. The number of pyridine rings is 1. The van der Waals surface area contributed by atoms with Crippen molar-refractivity contribution >= 4 is 11.6 Å². The molecule has 1 aliphatic heterocycles. The van der Waals surface area contributed by atoms with Gasteiger partial charge in [0.05, 0.1) is 0 Å². The molecule has 2 heterocycles. The molecule has 1 aromatic heterocycles. The van der Waals surface area contributed by atoms with Gasteiger partial charge in [0.15, 0.2) is 0 Å². The minimum atomic E-state index is 0.0902. The van der Waals surface area contributed by atoms with Crippen LogP contribution in [0, 0.1) is 0 Å². The van der Waals surface area contributed by atoms with E-state index in [4.69, 9.17) is 0 Å². The number of nitrogens with zero attached hydrogens (tertiary/aromatic N) is 2.